The van der Waals surface area contributed by atoms with E-state index in [1.807, 2.05) is 32.9 Å². The molecule has 0 atom stereocenters. The molecule has 0 unspecified atom stereocenters. The van der Waals surface area contributed by atoms with E-state index in [9.17, 15) is 9.90 Å². The predicted molar refractivity (Wildman–Crippen MR) is 101 cm³/mol. The number of ether oxygens (including phenoxy) is 2. The summed E-state index contributed by atoms with van der Waals surface area (Å²) in [6, 6.07) is 10.5. The first-order valence-electron chi connectivity index (χ1n) is 8.44. The van der Waals surface area contributed by atoms with Gasteiger partial charge in [-0.3, -0.25) is 0 Å². The van der Waals surface area contributed by atoms with E-state index in [2.05, 4.69) is 0 Å². The summed E-state index contributed by atoms with van der Waals surface area (Å²) in [5.74, 6) is 0.957. The summed E-state index contributed by atoms with van der Waals surface area (Å²) in [6.45, 7) is 8.72. The molecule has 3 rings (SSSR count). The minimum absolute atomic E-state index is 0.368. The number of para-hydroxylation sites is 2. The third-order valence-corrected chi connectivity index (χ3v) is 3.93. The number of fused-ring (bicyclic) bond motifs is 2. The van der Waals surface area contributed by atoms with Crippen molar-refractivity contribution < 1.29 is 19.4 Å². The van der Waals surface area contributed by atoms with E-state index in [4.69, 9.17) is 15.2 Å². The Labute approximate surface area is 153 Å². The molecule has 2 aromatic carbocycles. The van der Waals surface area contributed by atoms with Crippen molar-refractivity contribution in [2.75, 3.05) is 10.6 Å². The molecule has 0 aliphatic carbocycles. The first kappa shape index (κ1) is 18.1. The molecule has 6 nitrogen and oxygen atoms in total. The van der Waals surface area contributed by atoms with Crippen LogP contribution >= 0.6 is 0 Å². The molecule has 0 aromatic heterocycles. The monoisotopic (exact) mass is 356 g/mol. The van der Waals surface area contributed by atoms with Crippen LogP contribution in [0.3, 0.4) is 0 Å². The maximum absolute atomic E-state index is 12.9. The van der Waals surface area contributed by atoms with E-state index < -0.39 is 17.3 Å². The van der Waals surface area contributed by atoms with E-state index in [0.717, 1.165) is 0 Å². The molecule has 26 heavy (non-hydrogen) atoms. The molecular weight excluding hydrogens is 332 g/mol. The number of nitrogens with two attached hydrogens (primary N) is 1. The van der Waals surface area contributed by atoms with Gasteiger partial charge in [-0.15, -0.1) is 0 Å². The zero-order valence-electron chi connectivity index (χ0n) is 15.7. The lowest BCUT2D eigenvalue weighted by Crippen LogP contribution is -2.35. The van der Waals surface area contributed by atoms with Crippen molar-refractivity contribution in [1.29, 1.82) is 0 Å². The number of nitrogens with zero attached hydrogens (tertiary/aromatic N) is 1. The van der Waals surface area contributed by atoms with Crippen molar-refractivity contribution in [3.05, 3.63) is 42.0 Å². The Morgan fingerprint density at radius 3 is 2.35 bits per heavy atom. The summed E-state index contributed by atoms with van der Waals surface area (Å²) >= 11 is 0. The van der Waals surface area contributed by atoms with Gasteiger partial charge in [0.05, 0.1) is 17.0 Å². The highest BCUT2D eigenvalue weighted by Crippen LogP contribution is 2.49. The van der Waals surface area contributed by atoms with Crippen molar-refractivity contribution in [2.24, 2.45) is 0 Å². The van der Waals surface area contributed by atoms with Gasteiger partial charge < -0.3 is 20.3 Å². The zero-order valence-corrected chi connectivity index (χ0v) is 15.7. The van der Waals surface area contributed by atoms with Crippen molar-refractivity contribution in [3.8, 4) is 11.5 Å². The number of carbonyl (C=O) groups excluding carboxylic acids is 1. The van der Waals surface area contributed by atoms with Crippen LogP contribution in [0.4, 0.5) is 21.9 Å². The van der Waals surface area contributed by atoms with Crippen LogP contribution in [0.2, 0.25) is 0 Å². The van der Waals surface area contributed by atoms with E-state index >= 15 is 0 Å². The van der Waals surface area contributed by atoms with Crippen molar-refractivity contribution in [3.63, 3.8) is 0 Å². The fourth-order valence-electron chi connectivity index (χ4n) is 2.85. The molecule has 0 saturated carbocycles. The van der Waals surface area contributed by atoms with E-state index in [1.165, 1.54) is 4.90 Å². The number of aliphatic hydroxyl groups is 1. The minimum atomic E-state index is -1.14. The average Bonchev–Trinajstić information content (AvgIpc) is 2.49. The molecule has 1 aliphatic heterocycles. The average molecular weight is 356 g/mol. The standard InChI is InChI=1S/C20H24N2O4/c1-19(2,3)26-18(23)22-14-8-6-7-9-16(14)25-17-10-12(20(4,5)24)13(21)11-15(17)22/h6-11,24H,21H2,1-5H3. The minimum Gasteiger partial charge on any atom is -0.453 e. The van der Waals surface area contributed by atoms with E-state index in [1.54, 1.807) is 38.1 Å². The smallest absolute Gasteiger partial charge is 0.419 e. The SMILES string of the molecule is CC(C)(C)OC(=O)N1c2ccccc2Oc2cc(C(C)(C)O)c(N)cc21. The lowest BCUT2D eigenvalue weighted by Gasteiger charge is -2.34. The highest BCUT2D eigenvalue weighted by Gasteiger charge is 2.34. The number of amides is 1. The highest BCUT2D eigenvalue weighted by molar-refractivity contribution is 6.01. The van der Waals surface area contributed by atoms with Gasteiger partial charge in [-0.2, -0.15) is 0 Å². The third-order valence-electron chi connectivity index (χ3n) is 3.93. The molecular formula is C20H24N2O4. The lowest BCUT2D eigenvalue weighted by molar-refractivity contribution is 0.0596. The van der Waals surface area contributed by atoms with Crippen molar-refractivity contribution >= 4 is 23.2 Å². The summed E-state index contributed by atoms with van der Waals surface area (Å²) in [4.78, 5) is 14.3. The molecule has 2 aromatic rings. The molecule has 1 amide bonds. The first-order chi connectivity index (χ1) is 12.0. The van der Waals surface area contributed by atoms with Crippen molar-refractivity contribution in [1.82, 2.24) is 0 Å². The van der Waals surface area contributed by atoms with Gasteiger partial charge in [-0.05, 0) is 58.9 Å². The van der Waals surface area contributed by atoms with E-state index in [0.29, 0.717) is 34.1 Å². The molecule has 6 heteroatoms. The quantitative estimate of drug-likeness (QED) is 0.725. The molecule has 1 aliphatic rings. The zero-order chi connectivity index (χ0) is 19.3. The number of rotatable bonds is 1. The van der Waals surface area contributed by atoms with Crippen LogP contribution in [0.25, 0.3) is 0 Å². The Balaban J connectivity index is 2.17. The number of nitrogen functional groups attached to an aromatic ring is 1. The molecule has 0 saturated heterocycles. The van der Waals surface area contributed by atoms with Gasteiger partial charge in [-0.25, -0.2) is 9.69 Å². The van der Waals surface area contributed by atoms with Gasteiger partial charge in [0.1, 0.15) is 5.60 Å². The molecule has 0 bridgehead atoms. The summed E-state index contributed by atoms with van der Waals surface area (Å²) < 4.78 is 11.5. The Morgan fingerprint density at radius 2 is 1.73 bits per heavy atom. The van der Waals surface area contributed by atoms with E-state index in [-0.39, 0.29) is 0 Å². The van der Waals surface area contributed by atoms with Crippen LogP contribution < -0.4 is 15.4 Å². The Morgan fingerprint density at radius 1 is 1.08 bits per heavy atom. The fraction of sp³-hybridized carbons (Fsp3) is 0.350. The van der Waals surface area contributed by atoms with Gasteiger partial charge >= 0.3 is 6.09 Å². The maximum Gasteiger partial charge on any atom is 0.419 e. The van der Waals surface area contributed by atoms with Gasteiger partial charge in [0.2, 0.25) is 0 Å². The number of benzene rings is 2. The fourth-order valence-corrected chi connectivity index (χ4v) is 2.85. The Bertz CT molecular complexity index is 863. The predicted octanol–water partition coefficient (Wildman–Crippen LogP) is 4.68. The van der Waals surface area contributed by atoms with Crippen LogP contribution in [-0.4, -0.2) is 16.8 Å². The number of carbonyl (C=O) groups is 1. The normalized spacial score (nSPS) is 13.5. The van der Waals surface area contributed by atoms with Gasteiger partial charge in [0.25, 0.3) is 0 Å². The van der Waals surface area contributed by atoms with Gasteiger partial charge in [0.15, 0.2) is 11.5 Å². The third kappa shape index (κ3) is 3.32. The molecule has 1 heterocycles. The summed E-state index contributed by atoms with van der Waals surface area (Å²) in [7, 11) is 0. The maximum atomic E-state index is 12.9. The molecule has 0 radical (unpaired) electrons. The Hall–Kier alpha value is -2.73. The number of anilines is 3. The largest absolute Gasteiger partial charge is 0.453 e. The summed E-state index contributed by atoms with van der Waals surface area (Å²) in [5, 5.41) is 10.4. The second-order valence-electron chi connectivity index (χ2n) is 7.85. The molecule has 0 spiro atoms. The lowest BCUT2D eigenvalue weighted by atomic mass is 9.95. The van der Waals surface area contributed by atoms with Gasteiger partial charge in [-0.1, -0.05) is 12.1 Å². The molecule has 138 valence electrons. The van der Waals surface area contributed by atoms with Crippen LogP contribution in [0.5, 0.6) is 11.5 Å². The first-order valence-corrected chi connectivity index (χ1v) is 8.44. The summed E-state index contributed by atoms with van der Waals surface area (Å²) in [5.41, 5.74) is 6.30. The van der Waals surface area contributed by atoms with Crippen LogP contribution in [0.15, 0.2) is 36.4 Å². The van der Waals surface area contributed by atoms with Crippen LogP contribution in [0, 0.1) is 0 Å². The topological polar surface area (TPSA) is 85.0 Å². The van der Waals surface area contributed by atoms with Crippen molar-refractivity contribution in [2.45, 2.75) is 45.8 Å². The second kappa shape index (κ2) is 5.92. The number of hydrogen-bond donors (Lipinski definition) is 2. The second-order valence-corrected chi connectivity index (χ2v) is 7.85. The number of hydrogen-bond acceptors (Lipinski definition) is 5. The molecule has 0 fully saturated rings. The van der Waals surface area contributed by atoms with Gasteiger partial charge in [0, 0.05) is 11.3 Å². The van der Waals surface area contributed by atoms with Crippen LogP contribution in [-0.2, 0) is 10.3 Å². The highest BCUT2D eigenvalue weighted by atomic mass is 16.6. The summed E-state index contributed by atoms with van der Waals surface area (Å²) in [6.07, 6.45) is -0.523. The van der Waals surface area contributed by atoms with Crippen LogP contribution in [0.1, 0.15) is 40.2 Å². The molecule has 3 N–H and O–H groups in total. The Kier molecular flexibility index (Phi) is 4.11.